The third-order valence-electron chi connectivity index (χ3n) is 4.45. The van der Waals surface area contributed by atoms with Crippen molar-refractivity contribution in [2.45, 2.75) is 18.3 Å². The Balaban J connectivity index is 0.00000261. The van der Waals surface area contributed by atoms with Crippen LogP contribution in [0.4, 0.5) is 0 Å². The normalized spacial score (nSPS) is 26.1. The van der Waals surface area contributed by atoms with Crippen molar-refractivity contribution >= 4 is 35.5 Å². The van der Waals surface area contributed by atoms with Crippen LogP contribution in [0, 0.1) is 5.41 Å². The number of fused-ring (bicyclic) bond motifs is 1. The van der Waals surface area contributed by atoms with Crippen LogP contribution in [-0.2, 0) is 19.1 Å². The first-order valence-electron chi connectivity index (χ1n) is 7.97. The minimum absolute atomic E-state index is 0. The van der Waals surface area contributed by atoms with E-state index in [4.69, 9.17) is 4.74 Å². The fourth-order valence-electron chi connectivity index (χ4n) is 2.95. The molecule has 0 radical (unpaired) electrons. The van der Waals surface area contributed by atoms with Gasteiger partial charge in [-0.1, -0.05) is 18.2 Å². The van der Waals surface area contributed by atoms with E-state index in [2.05, 4.69) is 5.32 Å². The minimum Gasteiger partial charge on any atom is -0.549 e. The molecule has 0 saturated carbocycles. The fraction of sp³-hybridized carbons (Fsp3) is 0.412. The number of nitrogens with zero attached hydrogens (tertiary/aromatic N) is 1. The first-order chi connectivity index (χ1) is 12.3. The summed E-state index contributed by atoms with van der Waals surface area (Å²) in [5, 5.41) is 13.9. The molecular formula is C17H17N2NaO6S. The zero-order chi connectivity index (χ0) is 18.9. The van der Waals surface area contributed by atoms with Gasteiger partial charge in [-0.15, -0.1) is 11.8 Å². The molecule has 2 aliphatic heterocycles. The van der Waals surface area contributed by atoms with Crippen molar-refractivity contribution in [3.63, 3.8) is 0 Å². The quantitative estimate of drug-likeness (QED) is 0.304. The van der Waals surface area contributed by atoms with Crippen LogP contribution in [0.1, 0.15) is 17.3 Å². The molecule has 10 heteroatoms. The molecule has 138 valence electrons. The van der Waals surface area contributed by atoms with Crippen molar-refractivity contribution in [1.82, 2.24) is 10.2 Å². The Morgan fingerprint density at radius 2 is 2.00 bits per heavy atom. The van der Waals surface area contributed by atoms with Gasteiger partial charge in [0.15, 0.2) is 0 Å². The molecule has 0 spiro atoms. The predicted molar refractivity (Wildman–Crippen MR) is 89.7 cm³/mol. The molecule has 8 nitrogen and oxygen atoms in total. The maximum atomic E-state index is 12.4. The number of carbonyl (C=O) groups excluding carboxylic acids is 4. The number of amides is 2. The molecule has 0 aliphatic carbocycles. The standard InChI is InChI=1S/C17H18N2O6S.Na/c1-10(20)25-8-17(16(23)24)7-19-14(22)12(15(19)26-9-17)18-13(21)11-5-3-2-4-6-11;/h2-6,12,15H,7-9H2,1H3,(H,18,21)(H,23,24);/q;+1/p-1/t12?,15-,17?;/m1./s1. The number of hydrogen-bond donors (Lipinski definition) is 1. The number of carbonyl (C=O) groups is 4. The van der Waals surface area contributed by atoms with Crippen molar-refractivity contribution in [2.75, 3.05) is 18.9 Å². The first kappa shape index (κ1) is 21.7. The maximum Gasteiger partial charge on any atom is 1.00 e. The molecule has 1 N–H and O–H groups in total. The van der Waals surface area contributed by atoms with Gasteiger partial charge in [-0.2, -0.15) is 0 Å². The van der Waals surface area contributed by atoms with Crippen molar-refractivity contribution < 1.29 is 58.6 Å². The van der Waals surface area contributed by atoms with E-state index < -0.39 is 23.4 Å². The molecule has 2 aliphatic rings. The number of carboxylic acids is 1. The third-order valence-corrected chi connectivity index (χ3v) is 6.04. The van der Waals surface area contributed by atoms with Crippen LogP contribution in [0.25, 0.3) is 0 Å². The van der Waals surface area contributed by atoms with Crippen LogP contribution in [0.5, 0.6) is 0 Å². The number of rotatable bonds is 5. The summed E-state index contributed by atoms with van der Waals surface area (Å²) in [6.45, 7) is 0.720. The molecule has 0 aromatic heterocycles. The summed E-state index contributed by atoms with van der Waals surface area (Å²) < 4.78 is 4.86. The third kappa shape index (κ3) is 4.31. The molecule has 3 rings (SSSR count). The van der Waals surface area contributed by atoms with Crippen LogP contribution in [0.2, 0.25) is 0 Å². The van der Waals surface area contributed by atoms with E-state index in [0.717, 1.165) is 0 Å². The maximum absolute atomic E-state index is 12.4. The Bertz CT molecular complexity index is 761. The van der Waals surface area contributed by atoms with Gasteiger partial charge in [-0.05, 0) is 12.1 Å². The van der Waals surface area contributed by atoms with E-state index in [0.29, 0.717) is 5.56 Å². The summed E-state index contributed by atoms with van der Waals surface area (Å²) >= 11 is 1.23. The number of thioether (sulfide) groups is 1. The van der Waals surface area contributed by atoms with Gasteiger partial charge < -0.3 is 24.9 Å². The van der Waals surface area contributed by atoms with Gasteiger partial charge in [0.1, 0.15) is 18.0 Å². The second kappa shape index (κ2) is 8.64. The number of β-lactam (4-membered cyclic amide) rings is 1. The molecule has 27 heavy (non-hydrogen) atoms. The number of hydrogen-bond acceptors (Lipinski definition) is 7. The second-order valence-electron chi connectivity index (χ2n) is 6.33. The van der Waals surface area contributed by atoms with Crippen molar-refractivity contribution in [2.24, 2.45) is 5.41 Å². The summed E-state index contributed by atoms with van der Waals surface area (Å²) in [6, 6.07) is 7.81. The Morgan fingerprint density at radius 1 is 1.33 bits per heavy atom. The molecule has 2 unspecified atom stereocenters. The van der Waals surface area contributed by atoms with Gasteiger partial charge in [0.25, 0.3) is 5.91 Å². The molecule has 1 aromatic carbocycles. The summed E-state index contributed by atoms with van der Waals surface area (Å²) in [4.78, 5) is 48.6. The smallest absolute Gasteiger partial charge is 0.549 e. The van der Waals surface area contributed by atoms with Gasteiger partial charge in [0.05, 0.1) is 11.4 Å². The molecule has 2 fully saturated rings. The molecule has 2 saturated heterocycles. The van der Waals surface area contributed by atoms with Crippen molar-refractivity contribution in [3.05, 3.63) is 35.9 Å². The average molecular weight is 400 g/mol. The molecule has 2 amide bonds. The van der Waals surface area contributed by atoms with E-state index in [1.807, 2.05) is 0 Å². The van der Waals surface area contributed by atoms with Gasteiger partial charge >= 0.3 is 35.5 Å². The number of aliphatic carboxylic acids is 1. The number of benzene rings is 1. The number of ether oxygens (including phenoxy) is 1. The molecule has 1 aromatic rings. The minimum atomic E-state index is -1.45. The summed E-state index contributed by atoms with van der Waals surface area (Å²) in [5.41, 5.74) is -1.00. The van der Waals surface area contributed by atoms with E-state index in [1.54, 1.807) is 30.3 Å². The van der Waals surface area contributed by atoms with Gasteiger partial charge in [0.2, 0.25) is 5.91 Å². The molecular weight excluding hydrogens is 383 g/mol. The van der Waals surface area contributed by atoms with E-state index in [-0.39, 0.29) is 65.7 Å². The van der Waals surface area contributed by atoms with Crippen LogP contribution in [0.15, 0.2) is 30.3 Å². The summed E-state index contributed by atoms with van der Waals surface area (Å²) in [7, 11) is 0. The largest absolute Gasteiger partial charge is 1.00 e. The van der Waals surface area contributed by atoms with Gasteiger partial charge in [0, 0.05) is 24.8 Å². The molecule has 2 heterocycles. The van der Waals surface area contributed by atoms with Crippen LogP contribution < -0.4 is 40.0 Å². The number of carboxylic acid groups (broad SMARTS) is 1. The SMILES string of the molecule is CC(=O)OCC1(C(=O)[O-])CS[C@@H]2C(NC(=O)c3ccccc3)C(=O)N2C1.[Na+]. The summed E-state index contributed by atoms with van der Waals surface area (Å²) in [5.74, 6) is -2.56. The first-order valence-corrected chi connectivity index (χ1v) is 9.02. The average Bonchev–Trinajstić information content (AvgIpc) is 2.64. The molecule has 3 atom stereocenters. The molecule has 0 bridgehead atoms. The van der Waals surface area contributed by atoms with Crippen LogP contribution >= 0.6 is 11.8 Å². The predicted octanol–water partition coefficient (Wildman–Crippen LogP) is -4.00. The van der Waals surface area contributed by atoms with Crippen LogP contribution in [-0.4, -0.2) is 59.0 Å². The fourth-order valence-corrected chi connectivity index (χ4v) is 4.47. The zero-order valence-electron chi connectivity index (χ0n) is 15.0. The van der Waals surface area contributed by atoms with E-state index >= 15 is 0 Å². The van der Waals surface area contributed by atoms with Gasteiger partial charge in [-0.3, -0.25) is 14.4 Å². The second-order valence-corrected chi connectivity index (χ2v) is 7.44. The Labute approximate surface area is 182 Å². The summed E-state index contributed by atoms with van der Waals surface area (Å²) in [6.07, 6.45) is 0. The topological polar surface area (TPSA) is 116 Å². The van der Waals surface area contributed by atoms with Crippen LogP contribution in [0.3, 0.4) is 0 Å². The Kier molecular flexibility index (Phi) is 6.96. The zero-order valence-corrected chi connectivity index (χ0v) is 17.8. The van der Waals surface area contributed by atoms with Crippen molar-refractivity contribution in [1.29, 1.82) is 0 Å². The number of nitrogens with one attached hydrogen (secondary N) is 1. The van der Waals surface area contributed by atoms with E-state index in [1.165, 1.54) is 23.6 Å². The van der Waals surface area contributed by atoms with Gasteiger partial charge in [-0.25, -0.2) is 0 Å². The van der Waals surface area contributed by atoms with E-state index in [9.17, 15) is 24.3 Å². The Morgan fingerprint density at radius 3 is 2.59 bits per heavy atom. The monoisotopic (exact) mass is 400 g/mol. The Hall–Kier alpha value is -1.55. The van der Waals surface area contributed by atoms with Crippen molar-refractivity contribution in [3.8, 4) is 0 Å². The number of esters is 1.